The number of morpholine rings is 1. The molecule has 1 fully saturated rings. The Morgan fingerprint density at radius 3 is 2.32 bits per heavy atom. The van der Waals surface area contributed by atoms with Crippen molar-refractivity contribution in [3.05, 3.63) is 59.7 Å². The third-order valence-electron chi connectivity index (χ3n) is 5.59. The van der Waals surface area contributed by atoms with Gasteiger partial charge in [0, 0.05) is 40.8 Å². The van der Waals surface area contributed by atoms with Crippen LogP contribution in [0.15, 0.2) is 53.4 Å². The summed E-state index contributed by atoms with van der Waals surface area (Å²) in [6.07, 6.45) is -1.05. The Bertz CT molecular complexity index is 1110. The smallest absolute Gasteiger partial charge is 0.341 e. The summed E-state index contributed by atoms with van der Waals surface area (Å²) in [5, 5.41) is 0. The maximum Gasteiger partial charge on any atom is 0.341 e. The van der Waals surface area contributed by atoms with Crippen LogP contribution in [0.3, 0.4) is 0 Å². The molecule has 0 aliphatic carbocycles. The first-order valence-electron chi connectivity index (χ1n) is 11.0. The molecule has 1 heterocycles. The fourth-order valence-electron chi connectivity index (χ4n) is 3.65. The van der Waals surface area contributed by atoms with E-state index in [9.17, 15) is 18.0 Å². The third kappa shape index (κ3) is 5.94. The summed E-state index contributed by atoms with van der Waals surface area (Å²) in [5.74, 6) is -1.12. The predicted octanol–water partition coefficient (Wildman–Crippen LogP) is 1.98. The van der Waals surface area contributed by atoms with E-state index < -0.39 is 22.1 Å². The van der Waals surface area contributed by atoms with Crippen molar-refractivity contribution in [1.29, 1.82) is 0 Å². The molecule has 1 saturated heterocycles. The number of nitrogens with zero attached hydrogens (tertiary/aromatic N) is 3. The van der Waals surface area contributed by atoms with Gasteiger partial charge >= 0.3 is 5.97 Å². The first-order chi connectivity index (χ1) is 16.1. The minimum atomic E-state index is -3.77. The zero-order valence-electron chi connectivity index (χ0n) is 19.9. The van der Waals surface area contributed by atoms with E-state index in [1.807, 2.05) is 35.2 Å². The molecular formula is C24H31N3O6S. The molecular weight excluding hydrogens is 458 g/mol. The summed E-state index contributed by atoms with van der Waals surface area (Å²) >= 11 is 0. The second kappa shape index (κ2) is 11.0. The van der Waals surface area contributed by atoms with Crippen molar-refractivity contribution in [3.8, 4) is 0 Å². The van der Waals surface area contributed by atoms with Crippen molar-refractivity contribution >= 4 is 27.6 Å². The van der Waals surface area contributed by atoms with E-state index >= 15 is 0 Å². The van der Waals surface area contributed by atoms with E-state index in [-0.39, 0.29) is 16.4 Å². The molecule has 9 nitrogen and oxygen atoms in total. The molecule has 2 aromatic rings. The molecule has 1 atom stereocenters. The number of rotatable bonds is 8. The number of likely N-dealkylation sites (N-methyl/N-ethyl adjacent to an activating group) is 1. The number of anilines is 1. The van der Waals surface area contributed by atoms with E-state index in [2.05, 4.69) is 0 Å². The molecule has 3 rings (SSSR count). The Hall–Kier alpha value is -2.95. The topological polar surface area (TPSA) is 96.5 Å². The van der Waals surface area contributed by atoms with Crippen molar-refractivity contribution < 1.29 is 27.5 Å². The summed E-state index contributed by atoms with van der Waals surface area (Å²) in [4.78, 5) is 29.4. The van der Waals surface area contributed by atoms with Crippen LogP contribution in [0, 0.1) is 0 Å². The summed E-state index contributed by atoms with van der Waals surface area (Å²) in [6, 6.07) is 13.9. The summed E-state index contributed by atoms with van der Waals surface area (Å²) in [7, 11) is 0.722. The predicted molar refractivity (Wildman–Crippen MR) is 128 cm³/mol. The van der Waals surface area contributed by atoms with Crippen molar-refractivity contribution in [2.24, 2.45) is 0 Å². The maximum atomic E-state index is 13.2. The maximum absolute atomic E-state index is 13.2. The Morgan fingerprint density at radius 2 is 1.71 bits per heavy atom. The first-order valence-corrected chi connectivity index (χ1v) is 12.4. The summed E-state index contributed by atoms with van der Waals surface area (Å²) < 4.78 is 37.3. The minimum absolute atomic E-state index is 0.0263. The zero-order chi connectivity index (χ0) is 24.9. The Labute approximate surface area is 200 Å². The largest absolute Gasteiger partial charge is 0.449 e. The van der Waals surface area contributed by atoms with Crippen LogP contribution < -0.4 is 4.90 Å². The Morgan fingerprint density at radius 1 is 1.06 bits per heavy atom. The Balaban J connectivity index is 1.83. The molecule has 0 spiro atoms. The van der Waals surface area contributed by atoms with Crippen LogP contribution in [0.1, 0.15) is 22.8 Å². The fraction of sp³-hybridized carbons (Fsp3) is 0.417. The van der Waals surface area contributed by atoms with E-state index in [0.29, 0.717) is 38.5 Å². The van der Waals surface area contributed by atoms with Gasteiger partial charge in [0.1, 0.15) is 0 Å². The van der Waals surface area contributed by atoms with E-state index in [1.54, 1.807) is 13.1 Å². The van der Waals surface area contributed by atoms with Gasteiger partial charge in [-0.2, -0.15) is 0 Å². The average Bonchev–Trinajstić information content (AvgIpc) is 2.84. The lowest BCUT2D eigenvalue weighted by atomic mass is 10.1. The number of carbonyl (C=O) groups excluding carboxylic acids is 2. The number of hydrogen-bond acceptors (Lipinski definition) is 7. The van der Waals surface area contributed by atoms with E-state index in [4.69, 9.17) is 9.47 Å². The van der Waals surface area contributed by atoms with Gasteiger partial charge in [-0.25, -0.2) is 17.5 Å². The van der Waals surface area contributed by atoms with Gasteiger partial charge in [-0.3, -0.25) is 4.79 Å². The van der Waals surface area contributed by atoms with Crippen molar-refractivity contribution in [3.63, 3.8) is 0 Å². The van der Waals surface area contributed by atoms with Gasteiger partial charge in [-0.15, -0.1) is 0 Å². The number of carbonyl (C=O) groups is 2. The third-order valence-corrected chi connectivity index (χ3v) is 7.40. The van der Waals surface area contributed by atoms with Crippen LogP contribution >= 0.6 is 0 Å². The number of esters is 1. The van der Waals surface area contributed by atoms with Crippen molar-refractivity contribution in [2.75, 3.05) is 52.3 Å². The zero-order valence-corrected chi connectivity index (χ0v) is 20.7. The number of amides is 1. The van der Waals surface area contributed by atoms with Gasteiger partial charge in [0.15, 0.2) is 6.10 Å². The highest BCUT2D eigenvalue weighted by atomic mass is 32.2. The monoisotopic (exact) mass is 489 g/mol. The number of sulfonamides is 1. The molecule has 2 aromatic carbocycles. The Kier molecular flexibility index (Phi) is 8.29. The minimum Gasteiger partial charge on any atom is -0.449 e. The van der Waals surface area contributed by atoms with Crippen molar-refractivity contribution in [1.82, 2.24) is 9.21 Å². The highest BCUT2D eigenvalue weighted by Crippen LogP contribution is 2.27. The first kappa shape index (κ1) is 25.7. The second-order valence-corrected chi connectivity index (χ2v) is 10.4. The normalized spacial score (nSPS) is 15.1. The van der Waals surface area contributed by atoms with E-state index in [1.165, 1.54) is 38.1 Å². The molecule has 0 saturated carbocycles. The fourth-order valence-corrected chi connectivity index (χ4v) is 4.58. The lowest BCUT2D eigenvalue weighted by molar-refractivity contribution is -0.139. The van der Waals surface area contributed by atoms with Gasteiger partial charge in [0.05, 0.1) is 29.4 Å². The van der Waals surface area contributed by atoms with Crippen LogP contribution in [0.2, 0.25) is 0 Å². The number of benzene rings is 2. The van der Waals surface area contributed by atoms with Crippen LogP contribution in [-0.2, 0) is 30.8 Å². The molecule has 1 amide bonds. The molecule has 34 heavy (non-hydrogen) atoms. The molecule has 184 valence electrons. The van der Waals surface area contributed by atoms with Gasteiger partial charge in [0.2, 0.25) is 10.0 Å². The van der Waals surface area contributed by atoms with E-state index in [0.717, 1.165) is 9.87 Å². The lowest BCUT2D eigenvalue weighted by Crippen LogP contribution is -2.39. The molecule has 10 heteroatoms. The van der Waals surface area contributed by atoms with Crippen molar-refractivity contribution in [2.45, 2.75) is 24.5 Å². The molecule has 1 aliphatic heterocycles. The van der Waals surface area contributed by atoms with Gasteiger partial charge in [-0.1, -0.05) is 30.3 Å². The molecule has 0 N–H and O–H groups in total. The molecule has 0 radical (unpaired) electrons. The number of ether oxygens (including phenoxy) is 2. The van der Waals surface area contributed by atoms with Gasteiger partial charge in [-0.05, 0) is 30.7 Å². The average molecular weight is 490 g/mol. The standard InChI is InChI=1S/C24H31N3O6S/c1-18(23(28)26(4)17-19-8-6-5-7-9-19)33-24(29)21-16-20(34(30,31)25(2)3)10-11-22(21)27-12-14-32-15-13-27/h5-11,16,18H,12-15,17H2,1-4H3. The molecule has 0 bridgehead atoms. The van der Waals surface area contributed by atoms with Crippen LogP contribution in [-0.4, -0.2) is 83.0 Å². The quantitative estimate of drug-likeness (QED) is 0.523. The highest BCUT2D eigenvalue weighted by molar-refractivity contribution is 7.89. The second-order valence-electron chi connectivity index (χ2n) is 8.29. The van der Waals surface area contributed by atoms with Gasteiger partial charge in [0.25, 0.3) is 5.91 Å². The number of hydrogen-bond donors (Lipinski definition) is 0. The summed E-state index contributed by atoms with van der Waals surface area (Å²) in [5.41, 5.74) is 1.59. The SMILES string of the molecule is CC(OC(=O)c1cc(S(=O)(=O)N(C)C)ccc1N1CCOCC1)C(=O)N(C)Cc1ccccc1. The summed E-state index contributed by atoms with van der Waals surface area (Å²) in [6.45, 7) is 3.97. The molecule has 0 aromatic heterocycles. The van der Waals surface area contributed by atoms with Crippen LogP contribution in [0.4, 0.5) is 5.69 Å². The van der Waals surface area contributed by atoms with Gasteiger partial charge < -0.3 is 19.3 Å². The van der Waals surface area contributed by atoms with Crippen LogP contribution in [0.25, 0.3) is 0 Å². The molecule has 1 aliphatic rings. The van der Waals surface area contributed by atoms with Crippen LogP contribution in [0.5, 0.6) is 0 Å². The highest BCUT2D eigenvalue weighted by Gasteiger charge is 2.28. The molecule has 1 unspecified atom stereocenters. The lowest BCUT2D eigenvalue weighted by Gasteiger charge is -2.30.